The first-order chi connectivity index (χ1) is 16.2. The molecule has 2 aromatic heterocycles. The Hall–Kier alpha value is -4.86. The molecule has 0 atom stereocenters. The average molecular weight is 456 g/mol. The number of ketones is 4. The van der Waals surface area contributed by atoms with Crippen molar-refractivity contribution in [3.63, 3.8) is 0 Å². The van der Waals surface area contributed by atoms with Gasteiger partial charge in [-0.05, 0) is 12.1 Å². The van der Waals surface area contributed by atoms with Gasteiger partial charge in [0.15, 0.2) is 0 Å². The minimum Gasteiger partial charge on any atom is -0.364 e. The van der Waals surface area contributed by atoms with Crippen LogP contribution in [0.4, 0.5) is 0 Å². The normalized spacial score (nSPS) is 18.7. The third kappa shape index (κ3) is 2.82. The Kier molecular flexibility index (Phi) is 4.54. The summed E-state index contributed by atoms with van der Waals surface area (Å²) in [6, 6.07) is 12.8. The number of hydrogen-bond acceptors (Lipinski definition) is 6. The molecule has 10 heteroatoms. The lowest BCUT2D eigenvalue weighted by atomic mass is 9.71. The van der Waals surface area contributed by atoms with E-state index in [1.54, 1.807) is 48.5 Å². The Morgan fingerprint density at radius 2 is 0.912 bits per heavy atom. The number of carbonyl (C=O) groups excluding carboxylic acids is 6. The second kappa shape index (κ2) is 7.34. The zero-order valence-corrected chi connectivity index (χ0v) is 17.4. The molecule has 0 saturated heterocycles. The van der Waals surface area contributed by atoms with Crippen molar-refractivity contribution in [1.82, 2.24) is 9.97 Å². The smallest absolute Gasteiger partial charge is 0.265 e. The molecule has 1 fully saturated rings. The van der Waals surface area contributed by atoms with Crippen molar-refractivity contribution < 1.29 is 28.8 Å². The highest BCUT2D eigenvalue weighted by molar-refractivity contribution is 6.64. The van der Waals surface area contributed by atoms with E-state index >= 15 is 0 Å². The number of para-hydroxylation sites is 2. The summed E-state index contributed by atoms with van der Waals surface area (Å²) in [7, 11) is 0. The molecule has 4 aromatic rings. The van der Waals surface area contributed by atoms with Gasteiger partial charge in [0.1, 0.15) is 23.2 Å². The lowest BCUT2D eigenvalue weighted by molar-refractivity contribution is -0.150. The van der Waals surface area contributed by atoms with Gasteiger partial charge in [-0.25, -0.2) is 0 Å². The summed E-state index contributed by atoms with van der Waals surface area (Å²) in [6.45, 7) is 0. The second-order valence-electron chi connectivity index (χ2n) is 7.97. The molecule has 1 saturated carbocycles. The SMILES string of the molecule is NC(=O)c1[nH]c2ccccc2c1C1C(=O)C(=O)C(c2c(C(N)=O)[nH]c3ccccc23)C(=O)C1=O. The van der Waals surface area contributed by atoms with Crippen molar-refractivity contribution in [3.05, 3.63) is 71.0 Å². The topological polar surface area (TPSA) is 186 Å². The fourth-order valence-corrected chi connectivity index (χ4v) is 4.65. The molecule has 1 aliphatic carbocycles. The number of aromatic amines is 2. The Labute approximate surface area is 190 Å². The van der Waals surface area contributed by atoms with E-state index in [1.807, 2.05) is 0 Å². The third-order valence-electron chi connectivity index (χ3n) is 6.10. The molecule has 168 valence electrons. The van der Waals surface area contributed by atoms with Gasteiger partial charge in [-0.1, -0.05) is 36.4 Å². The van der Waals surface area contributed by atoms with E-state index in [0.29, 0.717) is 21.8 Å². The maximum atomic E-state index is 13.3. The van der Waals surface area contributed by atoms with E-state index in [0.717, 1.165) is 0 Å². The zero-order valence-electron chi connectivity index (χ0n) is 17.4. The van der Waals surface area contributed by atoms with Gasteiger partial charge in [-0.15, -0.1) is 0 Å². The number of benzene rings is 2. The summed E-state index contributed by atoms with van der Waals surface area (Å²) in [5.74, 6) is -10.3. The Bertz CT molecular complexity index is 1460. The van der Waals surface area contributed by atoms with Crippen LogP contribution in [0.1, 0.15) is 43.9 Å². The number of nitrogens with one attached hydrogen (secondary N) is 2. The Morgan fingerprint density at radius 1 is 0.588 bits per heavy atom. The number of Topliss-reactive ketones (excluding diaryl/α,β-unsaturated/α-hetero) is 4. The van der Waals surface area contributed by atoms with Gasteiger partial charge in [-0.3, -0.25) is 28.8 Å². The number of fused-ring (bicyclic) bond motifs is 2. The van der Waals surface area contributed by atoms with Crippen molar-refractivity contribution in [2.24, 2.45) is 11.5 Å². The number of aromatic nitrogens is 2. The zero-order chi connectivity index (χ0) is 24.3. The fourth-order valence-electron chi connectivity index (χ4n) is 4.65. The number of H-pyrrole nitrogens is 2. The standard InChI is InChI=1S/C24H16N4O6/c25-23(33)17-13(9-5-1-3-7-11(9)27-17)15-19(29)21(31)16(22(32)20(15)30)14-10-6-2-4-8-12(10)28-18(14)24(26)34/h1-8,15-16,27-28H,(H2,25,33)(H2,26,34). The van der Waals surface area contributed by atoms with Gasteiger partial charge in [0.25, 0.3) is 11.8 Å². The summed E-state index contributed by atoms with van der Waals surface area (Å²) in [5.41, 5.74) is 11.0. The first kappa shape index (κ1) is 21.0. The molecule has 1 aliphatic rings. The van der Waals surface area contributed by atoms with Crippen LogP contribution in [0.25, 0.3) is 21.8 Å². The minimum atomic E-state index is -1.84. The molecule has 0 bridgehead atoms. The van der Waals surface area contributed by atoms with Crippen molar-refractivity contribution >= 4 is 56.8 Å². The van der Waals surface area contributed by atoms with Gasteiger partial charge in [-0.2, -0.15) is 0 Å². The quantitative estimate of drug-likeness (QED) is 0.262. The number of primary amides is 2. The molecule has 6 N–H and O–H groups in total. The van der Waals surface area contributed by atoms with Crippen LogP contribution in [0.5, 0.6) is 0 Å². The number of amides is 2. The molecule has 0 aliphatic heterocycles. The van der Waals surface area contributed by atoms with Crippen LogP contribution in [0.15, 0.2) is 48.5 Å². The first-order valence-corrected chi connectivity index (χ1v) is 10.2. The molecular formula is C24H16N4O6. The van der Waals surface area contributed by atoms with Crippen molar-refractivity contribution in [2.75, 3.05) is 0 Å². The van der Waals surface area contributed by atoms with Crippen LogP contribution in [0, 0.1) is 0 Å². The van der Waals surface area contributed by atoms with Crippen LogP contribution in [0.3, 0.4) is 0 Å². The maximum absolute atomic E-state index is 13.3. The summed E-state index contributed by atoms with van der Waals surface area (Å²) >= 11 is 0. The highest BCUT2D eigenvalue weighted by Gasteiger charge is 2.52. The van der Waals surface area contributed by atoms with Gasteiger partial charge >= 0.3 is 0 Å². The minimum absolute atomic E-state index is 0.118. The number of rotatable bonds is 4. The summed E-state index contributed by atoms with van der Waals surface area (Å²) in [6.07, 6.45) is 0. The molecule has 10 nitrogen and oxygen atoms in total. The number of hydrogen-bond donors (Lipinski definition) is 4. The fraction of sp³-hybridized carbons (Fsp3) is 0.0833. The monoisotopic (exact) mass is 456 g/mol. The van der Waals surface area contributed by atoms with Gasteiger partial charge in [0.05, 0.1) is 0 Å². The maximum Gasteiger partial charge on any atom is 0.265 e. The van der Waals surface area contributed by atoms with E-state index in [2.05, 4.69) is 9.97 Å². The molecule has 0 radical (unpaired) electrons. The largest absolute Gasteiger partial charge is 0.364 e. The molecule has 0 spiro atoms. The third-order valence-corrected chi connectivity index (χ3v) is 6.10. The molecular weight excluding hydrogens is 440 g/mol. The summed E-state index contributed by atoms with van der Waals surface area (Å²) in [5, 5.41) is 0.624. The first-order valence-electron chi connectivity index (χ1n) is 10.2. The van der Waals surface area contributed by atoms with Crippen molar-refractivity contribution in [3.8, 4) is 0 Å². The highest BCUT2D eigenvalue weighted by atomic mass is 16.2. The van der Waals surface area contributed by atoms with E-state index in [-0.39, 0.29) is 22.5 Å². The van der Waals surface area contributed by atoms with Crippen LogP contribution in [-0.2, 0) is 19.2 Å². The average Bonchev–Trinajstić information content (AvgIpc) is 3.38. The summed E-state index contributed by atoms with van der Waals surface area (Å²) < 4.78 is 0. The van der Waals surface area contributed by atoms with Gasteiger partial charge in [0.2, 0.25) is 23.1 Å². The second-order valence-corrected chi connectivity index (χ2v) is 7.97. The summed E-state index contributed by atoms with van der Waals surface area (Å²) in [4.78, 5) is 82.9. The Morgan fingerprint density at radius 3 is 1.24 bits per heavy atom. The predicted molar refractivity (Wildman–Crippen MR) is 119 cm³/mol. The molecule has 34 heavy (non-hydrogen) atoms. The number of nitrogens with two attached hydrogens (primary N) is 2. The Balaban J connectivity index is 1.71. The molecule has 0 unspecified atom stereocenters. The van der Waals surface area contributed by atoms with Crippen LogP contribution in [-0.4, -0.2) is 44.9 Å². The van der Waals surface area contributed by atoms with Gasteiger partial charge < -0.3 is 21.4 Å². The molecule has 2 amide bonds. The predicted octanol–water partition coefficient (Wildman–Crippen LogP) is 1.00. The molecule has 2 heterocycles. The van der Waals surface area contributed by atoms with E-state index in [1.165, 1.54) is 0 Å². The lowest BCUT2D eigenvalue weighted by Crippen LogP contribution is -2.47. The van der Waals surface area contributed by atoms with Crippen molar-refractivity contribution in [1.29, 1.82) is 0 Å². The van der Waals surface area contributed by atoms with Crippen LogP contribution < -0.4 is 11.5 Å². The van der Waals surface area contributed by atoms with E-state index in [4.69, 9.17) is 11.5 Å². The molecule has 5 rings (SSSR count). The lowest BCUT2D eigenvalue weighted by Gasteiger charge is -2.25. The van der Waals surface area contributed by atoms with E-state index < -0.39 is 46.8 Å². The van der Waals surface area contributed by atoms with Crippen LogP contribution >= 0.6 is 0 Å². The van der Waals surface area contributed by atoms with Crippen LogP contribution in [0.2, 0.25) is 0 Å². The highest BCUT2D eigenvalue weighted by Crippen LogP contribution is 2.39. The van der Waals surface area contributed by atoms with Gasteiger partial charge in [0, 0.05) is 32.9 Å². The molecule has 2 aromatic carbocycles. The van der Waals surface area contributed by atoms with Crippen molar-refractivity contribution in [2.45, 2.75) is 11.8 Å². The number of carbonyl (C=O) groups is 6. The van der Waals surface area contributed by atoms with E-state index in [9.17, 15) is 28.8 Å².